The maximum absolute atomic E-state index is 4.75. The molecule has 0 saturated carbocycles. The van der Waals surface area contributed by atoms with Crippen LogP contribution >= 0.6 is 11.3 Å². The van der Waals surface area contributed by atoms with Gasteiger partial charge >= 0.3 is 0 Å². The number of guanidine groups is 1. The number of likely N-dealkylation sites (tertiary alicyclic amines) is 1. The van der Waals surface area contributed by atoms with E-state index in [1.807, 2.05) is 0 Å². The Morgan fingerprint density at radius 3 is 2.79 bits per heavy atom. The number of aromatic nitrogens is 1. The number of hydrogen-bond donors (Lipinski definition) is 2. The highest BCUT2D eigenvalue weighted by atomic mass is 32.1. The minimum atomic E-state index is 0.469. The SMILES string of the molecule is CCNC(=NCCc1csc(CC)n1)NC1CN(C(C)C)CC1C. The van der Waals surface area contributed by atoms with Gasteiger partial charge in [0.05, 0.1) is 10.7 Å². The highest BCUT2D eigenvalue weighted by Crippen LogP contribution is 2.18. The molecule has 2 heterocycles. The molecule has 0 aromatic carbocycles. The topological polar surface area (TPSA) is 52.6 Å². The van der Waals surface area contributed by atoms with Crippen LogP contribution in [0.15, 0.2) is 10.4 Å². The standard InChI is InChI=1S/C18H33N5S/c1-6-17-21-15(12-24-17)8-9-20-18(19-7-2)22-16-11-23(13(3)4)10-14(16)5/h12-14,16H,6-11H2,1-5H3,(H2,19,20,22). The summed E-state index contributed by atoms with van der Waals surface area (Å²) in [6, 6.07) is 1.08. The van der Waals surface area contributed by atoms with Crippen molar-refractivity contribution in [3.63, 3.8) is 0 Å². The minimum Gasteiger partial charge on any atom is -0.357 e. The van der Waals surface area contributed by atoms with Crippen molar-refractivity contribution < 1.29 is 0 Å². The van der Waals surface area contributed by atoms with Crippen molar-refractivity contribution in [1.82, 2.24) is 20.5 Å². The second kappa shape index (κ2) is 9.37. The third-order valence-electron chi connectivity index (χ3n) is 4.58. The van der Waals surface area contributed by atoms with E-state index >= 15 is 0 Å². The predicted octanol–water partition coefficient (Wildman–Crippen LogP) is 2.53. The summed E-state index contributed by atoms with van der Waals surface area (Å²) >= 11 is 1.75. The number of thiazole rings is 1. The van der Waals surface area contributed by atoms with E-state index in [0.717, 1.165) is 50.7 Å². The third kappa shape index (κ3) is 5.45. The summed E-state index contributed by atoms with van der Waals surface area (Å²) in [4.78, 5) is 11.9. The van der Waals surface area contributed by atoms with Crippen LogP contribution in [-0.4, -0.2) is 54.1 Å². The minimum absolute atomic E-state index is 0.469. The van der Waals surface area contributed by atoms with Crippen molar-refractivity contribution in [2.45, 2.75) is 59.5 Å². The molecule has 0 radical (unpaired) electrons. The van der Waals surface area contributed by atoms with Crippen molar-refractivity contribution in [3.05, 3.63) is 16.1 Å². The average Bonchev–Trinajstić information content (AvgIpc) is 3.15. The maximum atomic E-state index is 4.75. The van der Waals surface area contributed by atoms with Gasteiger partial charge in [0.1, 0.15) is 0 Å². The van der Waals surface area contributed by atoms with Crippen LogP contribution in [0.2, 0.25) is 0 Å². The zero-order valence-corrected chi connectivity index (χ0v) is 16.6. The van der Waals surface area contributed by atoms with E-state index in [2.05, 4.69) is 60.5 Å². The normalized spacial score (nSPS) is 22.3. The lowest BCUT2D eigenvalue weighted by atomic mass is 10.1. The van der Waals surface area contributed by atoms with Crippen LogP contribution < -0.4 is 10.6 Å². The van der Waals surface area contributed by atoms with Gasteiger partial charge in [-0.1, -0.05) is 13.8 Å². The summed E-state index contributed by atoms with van der Waals surface area (Å²) in [7, 11) is 0. The summed E-state index contributed by atoms with van der Waals surface area (Å²) in [6.07, 6.45) is 1.93. The molecule has 0 aliphatic carbocycles. The van der Waals surface area contributed by atoms with E-state index in [1.54, 1.807) is 11.3 Å². The lowest BCUT2D eigenvalue weighted by molar-refractivity contribution is 0.265. The second-order valence-corrected chi connectivity index (χ2v) is 7.82. The summed E-state index contributed by atoms with van der Waals surface area (Å²) in [5.74, 6) is 1.58. The van der Waals surface area contributed by atoms with Gasteiger partial charge in [0.25, 0.3) is 0 Å². The molecule has 6 heteroatoms. The Morgan fingerprint density at radius 2 is 2.21 bits per heavy atom. The molecule has 0 amide bonds. The Hall–Kier alpha value is -1.14. The number of rotatable bonds is 7. The van der Waals surface area contributed by atoms with Crippen LogP contribution in [0.25, 0.3) is 0 Å². The first-order valence-electron chi connectivity index (χ1n) is 9.25. The highest BCUT2D eigenvalue weighted by Gasteiger charge is 2.31. The number of aliphatic imine (C=N–C) groups is 1. The van der Waals surface area contributed by atoms with Gasteiger partial charge in [-0.05, 0) is 33.1 Å². The van der Waals surface area contributed by atoms with Gasteiger partial charge in [-0.2, -0.15) is 0 Å². The molecule has 2 rings (SSSR count). The number of aryl methyl sites for hydroxylation is 1. The van der Waals surface area contributed by atoms with Gasteiger partial charge in [-0.25, -0.2) is 4.98 Å². The van der Waals surface area contributed by atoms with Crippen molar-refractivity contribution in [2.75, 3.05) is 26.2 Å². The molecular formula is C18H33N5S. The van der Waals surface area contributed by atoms with Gasteiger partial charge in [0.15, 0.2) is 5.96 Å². The van der Waals surface area contributed by atoms with Crippen molar-refractivity contribution >= 4 is 17.3 Å². The lowest BCUT2D eigenvalue weighted by Crippen LogP contribution is -2.47. The van der Waals surface area contributed by atoms with Gasteiger partial charge in [0.2, 0.25) is 0 Å². The molecule has 1 aromatic heterocycles. The van der Waals surface area contributed by atoms with E-state index < -0.39 is 0 Å². The zero-order chi connectivity index (χ0) is 17.5. The van der Waals surface area contributed by atoms with E-state index in [-0.39, 0.29) is 0 Å². The number of nitrogens with zero attached hydrogens (tertiary/aromatic N) is 3. The summed E-state index contributed by atoms with van der Waals surface area (Å²) < 4.78 is 0. The first-order valence-corrected chi connectivity index (χ1v) is 10.1. The molecule has 2 unspecified atom stereocenters. The summed E-state index contributed by atoms with van der Waals surface area (Å²) in [6.45, 7) is 15.0. The molecule has 1 aromatic rings. The Kier molecular flexibility index (Phi) is 7.49. The Bertz CT molecular complexity index is 525. The number of nitrogens with one attached hydrogen (secondary N) is 2. The fourth-order valence-corrected chi connectivity index (χ4v) is 3.80. The van der Waals surface area contributed by atoms with Gasteiger partial charge < -0.3 is 10.6 Å². The third-order valence-corrected chi connectivity index (χ3v) is 5.62. The molecule has 0 spiro atoms. The van der Waals surface area contributed by atoms with E-state index in [1.165, 1.54) is 5.01 Å². The smallest absolute Gasteiger partial charge is 0.191 e. The fraction of sp³-hybridized carbons (Fsp3) is 0.778. The quantitative estimate of drug-likeness (QED) is 0.585. The highest BCUT2D eigenvalue weighted by molar-refractivity contribution is 7.09. The first-order chi connectivity index (χ1) is 11.5. The van der Waals surface area contributed by atoms with Crippen LogP contribution in [0.5, 0.6) is 0 Å². The fourth-order valence-electron chi connectivity index (χ4n) is 3.02. The van der Waals surface area contributed by atoms with Crippen molar-refractivity contribution in [1.29, 1.82) is 0 Å². The molecular weight excluding hydrogens is 318 g/mol. The van der Waals surface area contributed by atoms with E-state index in [4.69, 9.17) is 4.99 Å². The van der Waals surface area contributed by atoms with Crippen LogP contribution in [-0.2, 0) is 12.8 Å². The monoisotopic (exact) mass is 351 g/mol. The van der Waals surface area contributed by atoms with Gasteiger partial charge in [-0.15, -0.1) is 11.3 Å². The van der Waals surface area contributed by atoms with Crippen LogP contribution in [0.4, 0.5) is 0 Å². The molecule has 1 fully saturated rings. The maximum Gasteiger partial charge on any atom is 0.191 e. The molecule has 1 aliphatic rings. The number of hydrogen-bond acceptors (Lipinski definition) is 4. The van der Waals surface area contributed by atoms with Gasteiger partial charge in [0, 0.05) is 50.1 Å². The molecule has 24 heavy (non-hydrogen) atoms. The average molecular weight is 352 g/mol. The molecule has 0 bridgehead atoms. The van der Waals surface area contributed by atoms with Gasteiger partial charge in [-0.3, -0.25) is 9.89 Å². The van der Waals surface area contributed by atoms with E-state index in [9.17, 15) is 0 Å². The summed E-state index contributed by atoms with van der Waals surface area (Å²) in [5, 5.41) is 10.4. The van der Waals surface area contributed by atoms with Crippen molar-refractivity contribution in [3.8, 4) is 0 Å². The van der Waals surface area contributed by atoms with Crippen LogP contribution in [0.1, 0.15) is 45.3 Å². The molecule has 2 N–H and O–H groups in total. The molecule has 2 atom stereocenters. The Labute approximate surface area is 151 Å². The predicted molar refractivity (Wildman–Crippen MR) is 104 cm³/mol. The van der Waals surface area contributed by atoms with E-state index in [0.29, 0.717) is 18.0 Å². The lowest BCUT2D eigenvalue weighted by Gasteiger charge is -2.21. The molecule has 1 saturated heterocycles. The summed E-state index contributed by atoms with van der Waals surface area (Å²) in [5.41, 5.74) is 1.16. The molecule has 5 nitrogen and oxygen atoms in total. The largest absolute Gasteiger partial charge is 0.357 e. The second-order valence-electron chi connectivity index (χ2n) is 6.87. The molecule has 1 aliphatic heterocycles. The van der Waals surface area contributed by atoms with Crippen LogP contribution in [0.3, 0.4) is 0 Å². The molecule has 136 valence electrons. The van der Waals surface area contributed by atoms with Crippen LogP contribution in [0, 0.1) is 5.92 Å². The zero-order valence-electron chi connectivity index (χ0n) is 15.8. The van der Waals surface area contributed by atoms with Crippen molar-refractivity contribution in [2.24, 2.45) is 10.9 Å². The first kappa shape index (κ1) is 19.2. The Balaban J connectivity index is 1.88. The Morgan fingerprint density at radius 1 is 1.42 bits per heavy atom.